The van der Waals surface area contributed by atoms with E-state index in [9.17, 15) is 0 Å². The molecule has 3 rings (SSSR count). The Kier molecular flexibility index (Phi) is 1.63. The van der Waals surface area contributed by atoms with Crippen LogP contribution in [0.4, 0.5) is 5.69 Å². The highest BCUT2D eigenvalue weighted by molar-refractivity contribution is 5.60. The van der Waals surface area contributed by atoms with Crippen molar-refractivity contribution in [1.29, 1.82) is 0 Å². The summed E-state index contributed by atoms with van der Waals surface area (Å²) in [4.78, 5) is 5.24. The third kappa shape index (κ3) is 1.14. The van der Waals surface area contributed by atoms with Gasteiger partial charge in [-0.1, -0.05) is 24.3 Å². The third-order valence-corrected chi connectivity index (χ3v) is 2.68. The minimum absolute atomic E-state index is 0.220. The molecule has 3 heteroatoms. The van der Waals surface area contributed by atoms with E-state index in [1.165, 1.54) is 11.3 Å². The van der Waals surface area contributed by atoms with Crippen molar-refractivity contribution in [3.8, 4) is 0 Å². The predicted octanol–water partition coefficient (Wildman–Crippen LogP) is 1.44. The zero-order valence-electron chi connectivity index (χ0n) is 7.79. The van der Waals surface area contributed by atoms with E-state index in [1.807, 2.05) is 12.1 Å². The smallest absolute Gasteiger partial charge is 0.134 e. The molecule has 0 bridgehead atoms. The van der Waals surface area contributed by atoms with Crippen molar-refractivity contribution in [1.82, 2.24) is 5.48 Å². The lowest BCUT2D eigenvalue weighted by Crippen LogP contribution is -2.50. The van der Waals surface area contributed by atoms with E-state index < -0.39 is 0 Å². The number of fused-ring (bicyclic) bond motifs is 1. The summed E-state index contributed by atoms with van der Waals surface area (Å²) in [6.07, 6.45) is 5.10. The lowest BCUT2D eigenvalue weighted by Gasteiger charge is -2.30. The summed E-state index contributed by atoms with van der Waals surface area (Å²) >= 11 is 0. The van der Waals surface area contributed by atoms with Gasteiger partial charge in [-0.25, -0.2) is 0 Å². The second-order valence-electron chi connectivity index (χ2n) is 3.75. The van der Waals surface area contributed by atoms with Gasteiger partial charge in [0.25, 0.3) is 0 Å². The molecule has 0 aromatic heterocycles. The molecule has 2 aliphatic heterocycles. The Bertz CT molecular complexity index is 362. The predicted molar refractivity (Wildman–Crippen MR) is 54.7 cm³/mol. The molecule has 2 heterocycles. The molecule has 3 nitrogen and oxygen atoms in total. The van der Waals surface area contributed by atoms with E-state index in [2.05, 4.69) is 35.1 Å². The van der Waals surface area contributed by atoms with Crippen molar-refractivity contribution < 1.29 is 4.84 Å². The van der Waals surface area contributed by atoms with Crippen LogP contribution in [0.2, 0.25) is 0 Å². The van der Waals surface area contributed by atoms with Crippen molar-refractivity contribution in [3.63, 3.8) is 0 Å². The molecule has 0 saturated carbocycles. The van der Waals surface area contributed by atoms with Gasteiger partial charge in [0, 0.05) is 12.1 Å². The summed E-state index contributed by atoms with van der Waals surface area (Å²) in [5, 5.41) is 3.43. The highest BCUT2D eigenvalue weighted by atomic mass is 16.6. The molecule has 1 spiro atoms. The summed E-state index contributed by atoms with van der Waals surface area (Å²) < 4.78 is 0. The van der Waals surface area contributed by atoms with E-state index in [0.717, 1.165) is 6.42 Å². The van der Waals surface area contributed by atoms with Gasteiger partial charge < -0.3 is 5.32 Å². The fourth-order valence-electron chi connectivity index (χ4n) is 2.05. The highest BCUT2D eigenvalue weighted by Crippen LogP contribution is 2.32. The molecule has 72 valence electrons. The number of hydrogen-bond acceptors (Lipinski definition) is 3. The van der Waals surface area contributed by atoms with Gasteiger partial charge in [0.15, 0.2) is 0 Å². The van der Waals surface area contributed by atoms with Gasteiger partial charge in [-0.05, 0) is 17.7 Å². The number of benzene rings is 1. The standard InChI is InChI=1S/C11H12N2O/c1-2-5-10-9(4-1)8-11(12-10)6-3-7-14-13-11/h1-6,12-13H,7-8H2. The zero-order valence-corrected chi connectivity index (χ0v) is 7.79. The van der Waals surface area contributed by atoms with Crippen molar-refractivity contribution in [2.45, 2.75) is 12.1 Å². The molecular formula is C11H12N2O. The number of nitrogens with one attached hydrogen (secondary N) is 2. The van der Waals surface area contributed by atoms with E-state index in [0.29, 0.717) is 6.61 Å². The maximum Gasteiger partial charge on any atom is 0.134 e. The van der Waals surface area contributed by atoms with Crippen LogP contribution in [-0.2, 0) is 11.3 Å². The SMILES string of the molecule is C1=CC2(Cc3ccccc3N2)NOC1. The normalized spacial score (nSPS) is 28.9. The van der Waals surface area contributed by atoms with E-state index >= 15 is 0 Å². The molecule has 0 saturated heterocycles. The molecule has 0 aliphatic carbocycles. The Balaban J connectivity index is 1.97. The lowest BCUT2D eigenvalue weighted by atomic mass is 10.0. The fraction of sp³-hybridized carbons (Fsp3) is 0.273. The van der Waals surface area contributed by atoms with Crippen LogP contribution in [0.3, 0.4) is 0 Å². The van der Waals surface area contributed by atoms with Crippen LogP contribution < -0.4 is 10.8 Å². The maximum atomic E-state index is 5.24. The first kappa shape index (κ1) is 8.03. The lowest BCUT2D eigenvalue weighted by molar-refractivity contribution is 0.00953. The van der Waals surface area contributed by atoms with E-state index in [1.54, 1.807) is 0 Å². The van der Waals surface area contributed by atoms with Gasteiger partial charge in [0.1, 0.15) is 5.66 Å². The van der Waals surface area contributed by atoms with Gasteiger partial charge >= 0.3 is 0 Å². The fourth-order valence-corrected chi connectivity index (χ4v) is 2.05. The van der Waals surface area contributed by atoms with E-state index in [4.69, 9.17) is 4.84 Å². The summed E-state index contributed by atoms with van der Waals surface area (Å²) in [7, 11) is 0. The van der Waals surface area contributed by atoms with Crippen molar-refractivity contribution in [2.75, 3.05) is 11.9 Å². The van der Waals surface area contributed by atoms with Crippen LogP contribution in [0.5, 0.6) is 0 Å². The van der Waals surface area contributed by atoms with Crippen LogP contribution in [0, 0.1) is 0 Å². The van der Waals surface area contributed by atoms with Gasteiger partial charge in [-0.3, -0.25) is 4.84 Å². The summed E-state index contributed by atoms with van der Waals surface area (Å²) in [6.45, 7) is 0.639. The first-order valence-corrected chi connectivity index (χ1v) is 4.81. The topological polar surface area (TPSA) is 33.3 Å². The Hall–Kier alpha value is -1.32. The minimum atomic E-state index is -0.220. The number of para-hydroxylation sites is 1. The van der Waals surface area contributed by atoms with Crippen molar-refractivity contribution in [2.24, 2.45) is 0 Å². The first-order chi connectivity index (χ1) is 6.88. The van der Waals surface area contributed by atoms with Crippen LogP contribution in [0.25, 0.3) is 0 Å². The van der Waals surface area contributed by atoms with Crippen LogP contribution in [-0.4, -0.2) is 12.3 Å². The second-order valence-corrected chi connectivity index (χ2v) is 3.75. The summed E-state index contributed by atoms with van der Waals surface area (Å²) in [5.74, 6) is 0. The maximum absolute atomic E-state index is 5.24. The molecule has 1 unspecified atom stereocenters. The van der Waals surface area contributed by atoms with Crippen LogP contribution in [0.1, 0.15) is 5.56 Å². The third-order valence-electron chi connectivity index (χ3n) is 2.68. The van der Waals surface area contributed by atoms with Gasteiger partial charge in [-0.15, -0.1) is 0 Å². The van der Waals surface area contributed by atoms with E-state index in [-0.39, 0.29) is 5.66 Å². The summed E-state index contributed by atoms with van der Waals surface area (Å²) in [6, 6.07) is 8.33. The molecule has 1 aromatic rings. The number of anilines is 1. The average molecular weight is 188 g/mol. The number of hydrogen-bond donors (Lipinski definition) is 2. The Morgan fingerprint density at radius 1 is 1.29 bits per heavy atom. The quantitative estimate of drug-likeness (QED) is 0.604. The second kappa shape index (κ2) is 2.83. The number of hydroxylamine groups is 1. The first-order valence-electron chi connectivity index (χ1n) is 4.81. The highest BCUT2D eigenvalue weighted by Gasteiger charge is 2.35. The zero-order chi connectivity index (χ0) is 9.43. The van der Waals surface area contributed by atoms with Crippen LogP contribution >= 0.6 is 0 Å². The Morgan fingerprint density at radius 3 is 3.00 bits per heavy atom. The summed E-state index contributed by atoms with van der Waals surface area (Å²) in [5.41, 5.74) is 5.34. The Labute approximate surface area is 82.7 Å². The molecule has 1 aromatic carbocycles. The molecule has 2 N–H and O–H groups in total. The van der Waals surface area contributed by atoms with Crippen molar-refractivity contribution in [3.05, 3.63) is 42.0 Å². The molecule has 14 heavy (non-hydrogen) atoms. The monoisotopic (exact) mass is 188 g/mol. The van der Waals surface area contributed by atoms with Crippen molar-refractivity contribution >= 4 is 5.69 Å². The number of rotatable bonds is 0. The molecule has 2 aliphatic rings. The molecule has 0 fully saturated rings. The van der Waals surface area contributed by atoms with Gasteiger partial charge in [-0.2, -0.15) is 5.48 Å². The van der Waals surface area contributed by atoms with Crippen LogP contribution in [0.15, 0.2) is 36.4 Å². The van der Waals surface area contributed by atoms with Gasteiger partial charge in [0.05, 0.1) is 6.61 Å². The molecule has 0 amide bonds. The molecule has 1 atom stereocenters. The molecule has 0 radical (unpaired) electrons. The average Bonchev–Trinajstić information content (AvgIpc) is 2.56. The molecular weight excluding hydrogens is 176 g/mol. The largest absolute Gasteiger partial charge is 0.362 e. The van der Waals surface area contributed by atoms with Gasteiger partial charge in [0.2, 0.25) is 0 Å². The Morgan fingerprint density at radius 2 is 2.21 bits per heavy atom. The minimum Gasteiger partial charge on any atom is -0.362 e.